The van der Waals surface area contributed by atoms with Crippen molar-refractivity contribution >= 4 is 11.3 Å². The van der Waals surface area contributed by atoms with Crippen molar-refractivity contribution in [1.82, 2.24) is 10.3 Å². The Kier molecular flexibility index (Phi) is 2.42. The molecular weight excluding hydrogens is 168 g/mol. The number of nitrogens with zero attached hydrogens (tertiary/aromatic N) is 1. The highest BCUT2D eigenvalue weighted by atomic mass is 32.1. The zero-order valence-electron chi connectivity index (χ0n) is 7.34. The lowest BCUT2D eigenvalue weighted by Crippen LogP contribution is -2.10. The van der Waals surface area contributed by atoms with E-state index in [9.17, 15) is 0 Å². The molecule has 1 aliphatic carbocycles. The first-order chi connectivity index (χ1) is 5.90. The van der Waals surface area contributed by atoms with E-state index < -0.39 is 0 Å². The van der Waals surface area contributed by atoms with Crippen LogP contribution >= 0.6 is 11.3 Å². The van der Waals surface area contributed by atoms with Gasteiger partial charge < -0.3 is 5.32 Å². The summed E-state index contributed by atoms with van der Waals surface area (Å²) in [6.07, 6.45) is 4.09. The van der Waals surface area contributed by atoms with Gasteiger partial charge in [-0.3, -0.25) is 0 Å². The molecule has 3 heteroatoms. The van der Waals surface area contributed by atoms with Crippen LogP contribution in [0, 0.1) is 0 Å². The van der Waals surface area contributed by atoms with Crippen LogP contribution in [0.4, 0.5) is 0 Å². The highest BCUT2D eigenvalue weighted by Gasteiger charge is 2.21. The van der Waals surface area contributed by atoms with E-state index in [0.29, 0.717) is 0 Å². The van der Waals surface area contributed by atoms with Gasteiger partial charge >= 0.3 is 0 Å². The second-order valence-corrected chi connectivity index (χ2v) is 4.27. The highest BCUT2D eigenvalue weighted by Crippen LogP contribution is 2.36. The van der Waals surface area contributed by atoms with Gasteiger partial charge in [0.25, 0.3) is 0 Å². The van der Waals surface area contributed by atoms with E-state index in [4.69, 9.17) is 0 Å². The van der Waals surface area contributed by atoms with Crippen molar-refractivity contribution in [3.8, 4) is 0 Å². The summed E-state index contributed by atoms with van der Waals surface area (Å²) in [5.41, 5.74) is 1.33. The van der Waals surface area contributed by atoms with Gasteiger partial charge in [0.15, 0.2) is 0 Å². The normalized spacial score (nSPS) is 17.8. The molecule has 0 aliphatic heterocycles. The Bertz CT molecular complexity index is 253. The molecule has 66 valence electrons. The summed E-state index contributed by atoms with van der Waals surface area (Å²) in [4.78, 5) is 4.58. The number of hydrogen-bond acceptors (Lipinski definition) is 3. The molecule has 12 heavy (non-hydrogen) atoms. The van der Waals surface area contributed by atoms with Crippen molar-refractivity contribution in [2.24, 2.45) is 0 Å². The summed E-state index contributed by atoms with van der Waals surface area (Å²) in [7, 11) is 1.96. The Morgan fingerprint density at radius 2 is 2.50 bits per heavy atom. The lowest BCUT2D eigenvalue weighted by molar-refractivity contribution is 0.412. The minimum Gasteiger partial charge on any atom is -0.314 e. The zero-order valence-corrected chi connectivity index (χ0v) is 8.16. The molecule has 1 fully saturated rings. The fraction of sp³-hybridized carbons (Fsp3) is 0.667. The van der Waals surface area contributed by atoms with Crippen LogP contribution < -0.4 is 5.32 Å². The Balaban J connectivity index is 2.02. The maximum atomic E-state index is 4.58. The molecule has 0 spiro atoms. The van der Waals surface area contributed by atoms with Crippen molar-refractivity contribution in [3.63, 3.8) is 0 Å². The van der Waals surface area contributed by atoms with Gasteiger partial charge in [-0.1, -0.05) is 6.42 Å². The van der Waals surface area contributed by atoms with Crippen molar-refractivity contribution in [2.45, 2.75) is 31.7 Å². The van der Waals surface area contributed by atoms with Crippen molar-refractivity contribution in [1.29, 1.82) is 0 Å². The summed E-state index contributed by atoms with van der Waals surface area (Å²) in [6, 6.07) is 0. The minimum absolute atomic E-state index is 0.784. The van der Waals surface area contributed by atoms with Crippen LogP contribution in [0.3, 0.4) is 0 Å². The summed E-state index contributed by atoms with van der Waals surface area (Å²) in [5.74, 6) is 0.784. The average Bonchev–Trinajstić information content (AvgIpc) is 2.34. The third-order valence-corrected chi connectivity index (χ3v) is 3.29. The van der Waals surface area contributed by atoms with Crippen LogP contribution in [0.1, 0.15) is 35.9 Å². The van der Waals surface area contributed by atoms with E-state index >= 15 is 0 Å². The molecule has 1 saturated carbocycles. The van der Waals surface area contributed by atoms with Gasteiger partial charge in [-0.25, -0.2) is 4.98 Å². The molecule has 2 nitrogen and oxygen atoms in total. The maximum Gasteiger partial charge on any atom is 0.107 e. The number of thiazole rings is 1. The number of aromatic nitrogens is 1. The largest absolute Gasteiger partial charge is 0.314 e. The topological polar surface area (TPSA) is 24.9 Å². The fourth-order valence-corrected chi connectivity index (χ4v) is 2.34. The predicted molar refractivity (Wildman–Crippen MR) is 51.5 cm³/mol. The molecule has 0 atom stereocenters. The number of nitrogens with one attached hydrogen (secondary N) is 1. The molecule has 0 aromatic carbocycles. The molecule has 1 N–H and O–H groups in total. The van der Waals surface area contributed by atoms with E-state index in [-0.39, 0.29) is 0 Å². The van der Waals surface area contributed by atoms with Crippen LogP contribution in [0.5, 0.6) is 0 Å². The third-order valence-electron chi connectivity index (χ3n) is 2.42. The number of hydrogen-bond donors (Lipinski definition) is 1. The summed E-state index contributed by atoms with van der Waals surface area (Å²) in [5, 5.41) is 6.56. The standard InChI is InChI=1S/C9H14N2S/c1-10-5-9-11-8(6-12-9)7-3-2-4-7/h6-7,10H,2-5H2,1H3. The molecule has 0 unspecified atom stereocenters. The maximum absolute atomic E-state index is 4.58. The third kappa shape index (κ3) is 1.52. The molecule has 1 aromatic rings. The molecule has 0 radical (unpaired) electrons. The molecular formula is C9H14N2S. The first-order valence-corrected chi connectivity index (χ1v) is 5.37. The Labute approximate surface area is 77.0 Å². The first kappa shape index (κ1) is 8.20. The van der Waals surface area contributed by atoms with Crippen LogP contribution in [0.2, 0.25) is 0 Å². The highest BCUT2D eigenvalue weighted by molar-refractivity contribution is 7.09. The second-order valence-electron chi connectivity index (χ2n) is 3.32. The predicted octanol–water partition coefficient (Wildman–Crippen LogP) is 2.13. The first-order valence-electron chi connectivity index (χ1n) is 4.49. The monoisotopic (exact) mass is 182 g/mol. The Hall–Kier alpha value is -0.410. The molecule has 0 amide bonds. The molecule has 1 aromatic heterocycles. The van der Waals surface area contributed by atoms with Gasteiger partial charge in [0.05, 0.1) is 5.69 Å². The molecule has 1 heterocycles. The van der Waals surface area contributed by atoms with E-state index in [1.54, 1.807) is 11.3 Å². The van der Waals surface area contributed by atoms with Gasteiger partial charge in [0, 0.05) is 17.8 Å². The number of rotatable bonds is 3. The van der Waals surface area contributed by atoms with Crippen LogP contribution in [0.15, 0.2) is 5.38 Å². The van der Waals surface area contributed by atoms with Crippen molar-refractivity contribution in [3.05, 3.63) is 16.1 Å². The van der Waals surface area contributed by atoms with Gasteiger partial charge in [0.2, 0.25) is 0 Å². The quantitative estimate of drug-likeness (QED) is 0.774. The van der Waals surface area contributed by atoms with Gasteiger partial charge in [-0.2, -0.15) is 0 Å². The Morgan fingerprint density at radius 1 is 1.67 bits per heavy atom. The van der Waals surface area contributed by atoms with Crippen molar-refractivity contribution in [2.75, 3.05) is 7.05 Å². The smallest absolute Gasteiger partial charge is 0.107 e. The molecule has 0 bridgehead atoms. The SMILES string of the molecule is CNCc1nc(C2CCC2)cs1. The lowest BCUT2D eigenvalue weighted by atomic mass is 9.83. The van der Waals surface area contributed by atoms with Gasteiger partial charge in [-0.05, 0) is 19.9 Å². The van der Waals surface area contributed by atoms with Gasteiger partial charge in [-0.15, -0.1) is 11.3 Å². The summed E-state index contributed by atoms with van der Waals surface area (Å²) >= 11 is 1.78. The Morgan fingerprint density at radius 3 is 3.08 bits per heavy atom. The summed E-state index contributed by atoms with van der Waals surface area (Å²) < 4.78 is 0. The van der Waals surface area contributed by atoms with E-state index in [1.165, 1.54) is 30.0 Å². The van der Waals surface area contributed by atoms with Crippen molar-refractivity contribution < 1.29 is 0 Å². The van der Waals surface area contributed by atoms with E-state index in [2.05, 4.69) is 15.7 Å². The molecule has 2 rings (SSSR count). The van der Waals surface area contributed by atoms with Gasteiger partial charge in [0.1, 0.15) is 5.01 Å². The van der Waals surface area contributed by atoms with Crippen LogP contribution in [0.25, 0.3) is 0 Å². The lowest BCUT2D eigenvalue weighted by Gasteiger charge is -2.22. The minimum atomic E-state index is 0.784. The second kappa shape index (κ2) is 3.54. The van der Waals surface area contributed by atoms with E-state index in [1.807, 2.05) is 7.05 Å². The van der Waals surface area contributed by atoms with E-state index in [0.717, 1.165) is 12.5 Å². The van der Waals surface area contributed by atoms with Crippen LogP contribution in [-0.2, 0) is 6.54 Å². The average molecular weight is 182 g/mol. The fourth-order valence-electron chi connectivity index (χ4n) is 1.45. The zero-order chi connectivity index (χ0) is 8.39. The molecule has 0 saturated heterocycles. The molecule has 1 aliphatic rings. The summed E-state index contributed by atoms with van der Waals surface area (Å²) in [6.45, 7) is 0.914. The van der Waals surface area contributed by atoms with Crippen LogP contribution in [-0.4, -0.2) is 12.0 Å².